The summed E-state index contributed by atoms with van der Waals surface area (Å²) < 4.78 is 0. The van der Waals surface area contributed by atoms with Crippen LogP contribution in [0.25, 0.3) is 0 Å². The molecule has 2 atom stereocenters. The highest BCUT2D eigenvalue weighted by molar-refractivity contribution is 5.16. The summed E-state index contributed by atoms with van der Waals surface area (Å²) in [5.74, 6) is 0. The van der Waals surface area contributed by atoms with Gasteiger partial charge in [0.15, 0.2) is 0 Å². The molecule has 0 aliphatic carbocycles. The van der Waals surface area contributed by atoms with E-state index in [1.54, 1.807) is 0 Å². The maximum absolute atomic E-state index is 10.2. The predicted octanol–water partition coefficient (Wildman–Crippen LogP) is 2.81. The Kier molecular flexibility index (Phi) is 5.78. The molecule has 0 heterocycles. The summed E-state index contributed by atoms with van der Waals surface area (Å²) in [7, 11) is 0. The second-order valence-electron chi connectivity index (χ2n) is 5.24. The summed E-state index contributed by atoms with van der Waals surface area (Å²) in [6.07, 6.45) is 1.33. The zero-order valence-corrected chi connectivity index (χ0v) is 12.0. The molecule has 0 spiro atoms. The summed E-state index contributed by atoms with van der Waals surface area (Å²) in [6, 6.07) is 20.6. The predicted molar refractivity (Wildman–Crippen MR) is 83.8 cm³/mol. The Morgan fingerprint density at radius 1 is 0.900 bits per heavy atom. The van der Waals surface area contributed by atoms with Crippen molar-refractivity contribution in [3.8, 4) is 0 Å². The van der Waals surface area contributed by atoms with Crippen LogP contribution in [0, 0.1) is 0 Å². The smallest absolute Gasteiger partial charge is 0.0730 e. The van der Waals surface area contributed by atoms with E-state index in [0.717, 1.165) is 13.0 Å². The monoisotopic (exact) mass is 269 g/mol. The molecule has 20 heavy (non-hydrogen) atoms. The lowest BCUT2D eigenvalue weighted by Crippen LogP contribution is -2.39. The van der Waals surface area contributed by atoms with Gasteiger partial charge in [-0.05, 0) is 37.4 Å². The van der Waals surface area contributed by atoms with Crippen molar-refractivity contribution in [1.82, 2.24) is 5.32 Å². The molecule has 0 bridgehead atoms. The van der Waals surface area contributed by atoms with Crippen LogP contribution in [0.5, 0.6) is 0 Å². The van der Waals surface area contributed by atoms with Crippen LogP contribution in [0.3, 0.4) is 0 Å². The summed E-state index contributed by atoms with van der Waals surface area (Å²) in [6.45, 7) is 2.93. The first-order valence-corrected chi connectivity index (χ1v) is 7.25. The normalized spacial score (nSPS) is 13.9. The van der Waals surface area contributed by atoms with Crippen molar-refractivity contribution in [2.75, 3.05) is 6.54 Å². The van der Waals surface area contributed by atoms with Gasteiger partial charge in [0.05, 0.1) is 6.10 Å². The first kappa shape index (κ1) is 14.8. The van der Waals surface area contributed by atoms with Gasteiger partial charge in [-0.2, -0.15) is 0 Å². The molecule has 0 fully saturated rings. The molecular weight excluding hydrogens is 246 g/mol. The Labute approximate surface area is 121 Å². The second kappa shape index (κ2) is 7.83. The SMILES string of the molecule is C[C@@H](NCCc1ccccc1)[C@@H](O)Cc1ccccc1. The molecule has 106 valence electrons. The van der Waals surface area contributed by atoms with E-state index in [1.165, 1.54) is 11.1 Å². The number of aliphatic hydroxyl groups is 1. The van der Waals surface area contributed by atoms with Gasteiger partial charge in [0, 0.05) is 6.04 Å². The van der Waals surface area contributed by atoms with Crippen LogP contribution in [-0.4, -0.2) is 23.8 Å². The van der Waals surface area contributed by atoms with E-state index in [1.807, 2.05) is 31.2 Å². The number of benzene rings is 2. The van der Waals surface area contributed by atoms with Crippen molar-refractivity contribution in [2.24, 2.45) is 0 Å². The van der Waals surface area contributed by atoms with Gasteiger partial charge in [-0.25, -0.2) is 0 Å². The molecular formula is C18H23NO. The quantitative estimate of drug-likeness (QED) is 0.810. The lowest BCUT2D eigenvalue weighted by molar-refractivity contribution is 0.135. The lowest BCUT2D eigenvalue weighted by Gasteiger charge is -2.20. The minimum atomic E-state index is -0.354. The van der Waals surface area contributed by atoms with Crippen LogP contribution in [0.4, 0.5) is 0 Å². The second-order valence-corrected chi connectivity index (χ2v) is 5.24. The zero-order valence-electron chi connectivity index (χ0n) is 12.0. The molecule has 2 N–H and O–H groups in total. The van der Waals surface area contributed by atoms with Crippen LogP contribution in [-0.2, 0) is 12.8 Å². The van der Waals surface area contributed by atoms with Gasteiger partial charge in [0.25, 0.3) is 0 Å². The van der Waals surface area contributed by atoms with Gasteiger partial charge in [-0.3, -0.25) is 0 Å². The molecule has 2 aromatic carbocycles. The van der Waals surface area contributed by atoms with Crippen molar-refractivity contribution in [3.05, 3.63) is 71.8 Å². The standard InChI is InChI=1S/C18H23NO/c1-15(18(20)14-17-10-6-3-7-11-17)19-13-12-16-8-4-2-5-9-16/h2-11,15,18-20H,12-14H2,1H3/t15-,18+/m1/s1. The number of rotatable bonds is 7. The fourth-order valence-corrected chi connectivity index (χ4v) is 2.26. The van der Waals surface area contributed by atoms with Gasteiger partial charge < -0.3 is 10.4 Å². The third kappa shape index (κ3) is 4.80. The number of nitrogens with one attached hydrogen (secondary N) is 1. The average molecular weight is 269 g/mol. The Morgan fingerprint density at radius 2 is 1.45 bits per heavy atom. The summed E-state index contributed by atoms with van der Waals surface area (Å²) in [4.78, 5) is 0. The van der Waals surface area contributed by atoms with Crippen LogP contribution >= 0.6 is 0 Å². The molecule has 0 saturated heterocycles. The Morgan fingerprint density at radius 3 is 2.05 bits per heavy atom. The van der Waals surface area contributed by atoms with Crippen molar-refractivity contribution < 1.29 is 5.11 Å². The molecule has 0 saturated carbocycles. The molecule has 0 aliphatic rings. The molecule has 0 radical (unpaired) electrons. The summed E-state index contributed by atoms with van der Waals surface area (Å²) in [5.41, 5.74) is 2.50. The van der Waals surface area contributed by atoms with Crippen LogP contribution in [0.2, 0.25) is 0 Å². The number of hydrogen-bond donors (Lipinski definition) is 2. The first-order valence-electron chi connectivity index (χ1n) is 7.25. The molecule has 2 nitrogen and oxygen atoms in total. The van der Waals surface area contributed by atoms with E-state index in [0.29, 0.717) is 6.42 Å². The minimum absolute atomic E-state index is 0.0962. The van der Waals surface area contributed by atoms with Crippen molar-refractivity contribution >= 4 is 0 Å². The minimum Gasteiger partial charge on any atom is -0.391 e. The van der Waals surface area contributed by atoms with Gasteiger partial charge in [-0.15, -0.1) is 0 Å². The highest BCUT2D eigenvalue weighted by Crippen LogP contribution is 2.06. The van der Waals surface area contributed by atoms with E-state index in [2.05, 4.69) is 41.7 Å². The molecule has 2 aromatic rings. The average Bonchev–Trinajstić information content (AvgIpc) is 2.49. The lowest BCUT2D eigenvalue weighted by atomic mass is 10.0. The Hall–Kier alpha value is -1.64. The maximum Gasteiger partial charge on any atom is 0.0730 e. The third-order valence-electron chi connectivity index (χ3n) is 3.59. The summed E-state index contributed by atoms with van der Waals surface area (Å²) in [5, 5.41) is 13.6. The highest BCUT2D eigenvalue weighted by Gasteiger charge is 2.13. The first-order chi connectivity index (χ1) is 9.75. The van der Waals surface area contributed by atoms with Gasteiger partial charge in [0.2, 0.25) is 0 Å². The van der Waals surface area contributed by atoms with Crippen LogP contribution < -0.4 is 5.32 Å². The number of aliphatic hydroxyl groups excluding tert-OH is 1. The van der Waals surface area contributed by atoms with E-state index in [4.69, 9.17) is 0 Å². The van der Waals surface area contributed by atoms with E-state index < -0.39 is 0 Å². The van der Waals surface area contributed by atoms with E-state index in [9.17, 15) is 5.11 Å². The largest absolute Gasteiger partial charge is 0.391 e. The van der Waals surface area contributed by atoms with Crippen molar-refractivity contribution in [2.45, 2.75) is 31.9 Å². The highest BCUT2D eigenvalue weighted by atomic mass is 16.3. The van der Waals surface area contributed by atoms with Gasteiger partial charge in [0.1, 0.15) is 0 Å². The van der Waals surface area contributed by atoms with E-state index >= 15 is 0 Å². The van der Waals surface area contributed by atoms with Crippen molar-refractivity contribution in [1.29, 1.82) is 0 Å². The van der Waals surface area contributed by atoms with Crippen LogP contribution in [0.15, 0.2) is 60.7 Å². The number of hydrogen-bond acceptors (Lipinski definition) is 2. The summed E-state index contributed by atoms with van der Waals surface area (Å²) >= 11 is 0. The van der Waals surface area contributed by atoms with Gasteiger partial charge >= 0.3 is 0 Å². The molecule has 0 amide bonds. The zero-order chi connectivity index (χ0) is 14.2. The van der Waals surface area contributed by atoms with Crippen molar-refractivity contribution in [3.63, 3.8) is 0 Å². The molecule has 0 aliphatic heterocycles. The molecule has 0 aromatic heterocycles. The molecule has 2 heteroatoms. The molecule has 0 unspecified atom stereocenters. The fourth-order valence-electron chi connectivity index (χ4n) is 2.26. The Balaban J connectivity index is 1.73. The van der Waals surface area contributed by atoms with E-state index in [-0.39, 0.29) is 12.1 Å². The third-order valence-corrected chi connectivity index (χ3v) is 3.59. The topological polar surface area (TPSA) is 32.3 Å². The Bertz CT molecular complexity index is 483. The fraction of sp³-hybridized carbons (Fsp3) is 0.333. The van der Waals surface area contributed by atoms with Crippen LogP contribution in [0.1, 0.15) is 18.1 Å². The van der Waals surface area contributed by atoms with Gasteiger partial charge in [-0.1, -0.05) is 60.7 Å². The maximum atomic E-state index is 10.2. The molecule has 2 rings (SSSR count).